The van der Waals surface area contributed by atoms with Gasteiger partial charge in [0, 0.05) is 52.5 Å². The van der Waals surface area contributed by atoms with Crippen LogP contribution in [0, 0.1) is 0 Å². The molecule has 17 heavy (non-hydrogen) atoms. The lowest BCUT2D eigenvalue weighted by Gasteiger charge is -2.42. The molecule has 1 unspecified atom stereocenters. The van der Waals surface area contributed by atoms with Crippen LogP contribution < -0.4 is 0 Å². The maximum Gasteiger partial charge on any atom is 0.0718 e. The lowest BCUT2D eigenvalue weighted by molar-refractivity contribution is -0.00461. The van der Waals surface area contributed by atoms with Gasteiger partial charge in [-0.2, -0.15) is 0 Å². The Morgan fingerprint density at radius 3 is 2.59 bits per heavy atom. The largest absolute Gasteiger partial charge is 0.389 e. The first kappa shape index (κ1) is 14.9. The summed E-state index contributed by atoms with van der Waals surface area (Å²) < 4.78 is 5.08. The van der Waals surface area contributed by atoms with E-state index in [1.807, 2.05) is 13.8 Å². The molecule has 1 aliphatic heterocycles. The van der Waals surface area contributed by atoms with E-state index in [4.69, 9.17) is 4.74 Å². The van der Waals surface area contributed by atoms with Gasteiger partial charge in [0.1, 0.15) is 0 Å². The Balaban J connectivity index is 2.29. The van der Waals surface area contributed by atoms with Gasteiger partial charge in [-0.15, -0.1) is 0 Å². The molecule has 0 bridgehead atoms. The summed E-state index contributed by atoms with van der Waals surface area (Å²) in [5.41, 5.74) is -0.591. The molecule has 1 rings (SSSR count). The Kier molecular flexibility index (Phi) is 5.86. The molecule has 102 valence electrons. The van der Waals surface area contributed by atoms with Crippen molar-refractivity contribution >= 4 is 0 Å². The van der Waals surface area contributed by atoms with Crippen molar-refractivity contribution in [1.29, 1.82) is 0 Å². The molecule has 1 heterocycles. The van der Waals surface area contributed by atoms with Gasteiger partial charge in [0.15, 0.2) is 0 Å². The summed E-state index contributed by atoms with van der Waals surface area (Å²) in [6, 6.07) is 0.526. The zero-order valence-electron chi connectivity index (χ0n) is 11.8. The molecule has 0 radical (unpaired) electrons. The van der Waals surface area contributed by atoms with Crippen LogP contribution in [-0.4, -0.2) is 73.0 Å². The number of aliphatic hydroxyl groups is 1. The molecule has 1 fully saturated rings. The molecular formula is C13H28N2O2. The molecule has 1 aliphatic rings. The van der Waals surface area contributed by atoms with Crippen LogP contribution in [0.4, 0.5) is 0 Å². The average molecular weight is 244 g/mol. The van der Waals surface area contributed by atoms with Crippen LogP contribution in [0.5, 0.6) is 0 Å². The number of hydrogen-bond acceptors (Lipinski definition) is 4. The molecule has 0 saturated carbocycles. The molecular weight excluding hydrogens is 216 g/mol. The number of rotatable bonds is 6. The standard InChI is InChI=1S/C13H28N2O2/c1-12-10-14(6-5-9-17-4)7-8-15(12)11-13(2,3)16/h12,16H,5-11H2,1-4H3. The normalized spacial score (nSPS) is 24.2. The van der Waals surface area contributed by atoms with Crippen molar-refractivity contribution in [3.63, 3.8) is 0 Å². The molecule has 1 N–H and O–H groups in total. The highest BCUT2D eigenvalue weighted by Gasteiger charge is 2.27. The summed E-state index contributed by atoms with van der Waals surface area (Å²) in [7, 11) is 1.75. The highest BCUT2D eigenvalue weighted by atomic mass is 16.5. The van der Waals surface area contributed by atoms with Crippen LogP contribution in [0.1, 0.15) is 27.2 Å². The quantitative estimate of drug-likeness (QED) is 0.701. The fraction of sp³-hybridized carbons (Fsp3) is 1.00. The molecule has 0 aromatic heterocycles. The topological polar surface area (TPSA) is 35.9 Å². The van der Waals surface area contributed by atoms with Crippen LogP contribution in [0.3, 0.4) is 0 Å². The second kappa shape index (κ2) is 6.69. The van der Waals surface area contributed by atoms with Crippen molar-refractivity contribution in [3.8, 4) is 0 Å². The van der Waals surface area contributed by atoms with Crippen molar-refractivity contribution in [2.45, 2.75) is 38.8 Å². The zero-order chi connectivity index (χ0) is 12.9. The Bertz CT molecular complexity index is 216. The molecule has 4 nitrogen and oxygen atoms in total. The first-order chi connectivity index (χ1) is 7.92. The van der Waals surface area contributed by atoms with Crippen LogP contribution in [0.15, 0.2) is 0 Å². The van der Waals surface area contributed by atoms with Crippen molar-refractivity contribution in [2.24, 2.45) is 0 Å². The summed E-state index contributed by atoms with van der Waals surface area (Å²) >= 11 is 0. The first-order valence-electron chi connectivity index (χ1n) is 6.60. The summed E-state index contributed by atoms with van der Waals surface area (Å²) in [5.74, 6) is 0. The number of hydrogen-bond donors (Lipinski definition) is 1. The Hall–Kier alpha value is -0.160. The fourth-order valence-corrected chi connectivity index (χ4v) is 2.44. The summed E-state index contributed by atoms with van der Waals surface area (Å²) in [6.07, 6.45) is 1.11. The molecule has 0 amide bonds. The summed E-state index contributed by atoms with van der Waals surface area (Å²) in [5, 5.41) is 9.86. The third-order valence-corrected chi connectivity index (χ3v) is 3.26. The first-order valence-corrected chi connectivity index (χ1v) is 6.60. The van der Waals surface area contributed by atoms with E-state index in [0.29, 0.717) is 6.04 Å². The number of methoxy groups -OCH3 is 1. The van der Waals surface area contributed by atoms with Gasteiger partial charge in [-0.3, -0.25) is 4.90 Å². The van der Waals surface area contributed by atoms with Gasteiger partial charge in [0.25, 0.3) is 0 Å². The van der Waals surface area contributed by atoms with E-state index in [1.54, 1.807) is 7.11 Å². The molecule has 4 heteroatoms. The molecule has 0 aromatic carbocycles. The van der Waals surface area contributed by atoms with Crippen LogP contribution >= 0.6 is 0 Å². The lowest BCUT2D eigenvalue weighted by Crippen LogP contribution is -2.55. The van der Waals surface area contributed by atoms with E-state index in [-0.39, 0.29) is 0 Å². The molecule has 0 aromatic rings. The van der Waals surface area contributed by atoms with Crippen molar-refractivity contribution < 1.29 is 9.84 Å². The number of ether oxygens (including phenoxy) is 1. The highest BCUT2D eigenvalue weighted by molar-refractivity contribution is 4.83. The number of piperazine rings is 1. The molecule has 1 atom stereocenters. The lowest BCUT2D eigenvalue weighted by atomic mass is 10.1. The van der Waals surface area contributed by atoms with E-state index in [0.717, 1.165) is 45.8 Å². The molecule has 0 aliphatic carbocycles. The second-order valence-corrected chi connectivity index (χ2v) is 5.78. The Labute approximate surface area is 106 Å². The van der Waals surface area contributed by atoms with Gasteiger partial charge in [-0.05, 0) is 27.2 Å². The minimum atomic E-state index is -0.591. The van der Waals surface area contributed by atoms with Crippen molar-refractivity contribution in [2.75, 3.05) is 46.4 Å². The third-order valence-electron chi connectivity index (χ3n) is 3.26. The summed E-state index contributed by atoms with van der Waals surface area (Å²) in [4.78, 5) is 4.87. The van der Waals surface area contributed by atoms with E-state index >= 15 is 0 Å². The zero-order valence-corrected chi connectivity index (χ0v) is 11.8. The summed E-state index contributed by atoms with van der Waals surface area (Å²) in [6.45, 7) is 12.0. The third kappa shape index (κ3) is 5.82. The van der Waals surface area contributed by atoms with Crippen LogP contribution in [0.25, 0.3) is 0 Å². The van der Waals surface area contributed by atoms with E-state index in [9.17, 15) is 5.11 Å². The van der Waals surface area contributed by atoms with Gasteiger partial charge in [-0.1, -0.05) is 0 Å². The fourth-order valence-electron chi connectivity index (χ4n) is 2.44. The van der Waals surface area contributed by atoms with Gasteiger partial charge in [0.2, 0.25) is 0 Å². The number of nitrogens with zero attached hydrogens (tertiary/aromatic N) is 2. The predicted molar refractivity (Wildman–Crippen MR) is 70.3 cm³/mol. The van der Waals surface area contributed by atoms with Gasteiger partial charge < -0.3 is 14.7 Å². The predicted octanol–water partition coefficient (Wildman–Crippen LogP) is 0.800. The van der Waals surface area contributed by atoms with E-state index in [2.05, 4.69) is 16.7 Å². The minimum absolute atomic E-state index is 0.526. The Morgan fingerprint density at radius 2 is 2.06 bits per heavy atom. The van der Waals surface area contributed by atoms with Crippen LogP contribution in [0.2, 0.25) is 0 Å². The van der Waals surface area contributed by atoms with Crippen LogP contribution in [-0.2, 0) is 4.74 Å². The van der Waals surface area contributed by atoms with E-state index < -0.39 is 5.60 Å². The van der Waals surface area contributed by atoms with Gasteiger partial charge >= 0.3 is 0 Å². The van der Waals surface area contributed by atoms with Crippen molar-refractivity contribution in [1.82, 2.24) is 9.80 Å². The van der Waals surface area contributed by atoms with Gasteiger partial charge in [-0.25, -0.2) is 0 Å². The second-order valence-electron chi connectivity index (χ2n) is 5.78. The molecule has 0 spiro atoms. The number of β-amino-alcohol motifs (C(OH)–C–C–N with tert-alkyl or cyclic N) is 1. The maximum absolute atomic E-state index is 9.86. The van der Waals surface area contributed by atoms with E-state index in [1.165, 1.54) is 0 Å². The maximum atomic E-state index is 9.86. The van der Waals surface area contributed by atoms with Crippen molar-refractivity contribution in [3.05, 3.63) is 0 Å². The van der Waals surface area contributed by atoms with Gasteiger partial charge in [0.05, 0.1) is 5.60 Å². The molecule has 1 saturated heterocycles. The SMILES string of the molecule is COCCCN1CCN(CC(C)(C)O)C(C)C1. The average Bonchev–Trinajstić information content (AvgIpc) is 2.21. The highest BCUT2D eigenvalue weighted by Crippen LogP contribution is 2.14. The minimum Gasteiger partial charge on any atom is -0.389 e. The Morgan fingerprint density at radius 1 is 1.35 bits per heavy atom. The monoisotopic (exact) mass is 244 g/mol. The smallest absolute Gasteiger partial charge is 0.0718 e.